The predicted molar refractivity (Wildman–Crippen MR) is 96.2 cm³/mol. The van der Waals surface area contributed by atoms with Gasteiger partial charge in [0.1, 0.15) is 0 Å². The molecule has 5 heteroatoms. The molecule has 0 saturated carbocycles. The number of carbonyl (C=O) groups is 2. The van der Waals surface area contributed by atoms with Crippen LogP contribution in [0.25, 0.3) is 0 Å². The molecule has 0 unspecified atom stereocenters. The summed E-state index contributed by atoms with van der Waals surface area (Å²) in [6.45, 7) is 4.02. The van der Waals surface area contributed by atoms with E-state index in [9.17, 15) is 9.59 Å². The number of benzene rings is 2. The van der Waals surface area contributed by atoms with Crippen molar-refractivity contribution in [2.75, 3.05) is 7.05 Å². The molecule has 0 bridgehead atoms. The third kappa shape index (κ3) is 3.95. The summed E-state index contributed by atoms with van der Waals surface area (Å²) in [7, 11) is 1.59. The molecule has 2 N–H and O–H groups in total. The van der Waals surface area contributed by atoms with Gasteiger partial charge in [-0.25, -0.2) is 0 Å². The molecule has 2 rings (SSSR count). The highest BCUT2D eigenvalue weighted by atomic mass is 35.5. The van der Waals surface area contributed by atoms with Crippen LogP contribution >= 0.6 is 11.6 Å². The van der Waals surface area contributed by atoms with Gasteiger partial charge >= 0.3 is 0 Å². The van der Waals surface area contributed by atoms with Crippen LogP contribution in [0.5, 0.6) is 0 Å². The van der Waals surface area contributed by atoms with Crippen molar-refractivity contribution in [1.29, 1.82) is 0 Å². The van der Waals surface area contributed by atoms with E-state index in [2.05, 4.69) is 10.6 Å². The Morgan fingerprint density at radius 1 is 1.08 bits per heavy atom. The van der Waals surface area contributed by atoms with E-state index in [1.54, 1.807) is 31.3 Å². The highest BCUT2D eigenvalue weighted by Gasteiger charge is 2.31. The first-order valence-electron chi connectivity index (χ1n) is 7.70. The Bertz CT molecular complexity index is 757. The van der Waals surface area contributed by atoms with Gasteiger partial charge in [-0.3, -0.25) is 9.59 Å². The highest BCUT2D eigenvalue weighted by molar-refractivity contribution is 6.31. The first-order valence-corrected chi connectivity index (χ1v) is 8.08. The first-order chi connectivity index (χ1) is 11.4. The molecule has 126 valence electrons. The Morgan fingerprint density at radius 3 is 2.46 bits per heavy atom. The van der Waals surface area contributed by atoms with Gasteiger partial charge in [0.05, 0.1) is 5.41 Å². The number of nitrogens with one attached hydrogen (secondary N) is 2. The normalized spacial score (nSPS) is 11.0. The fraction of sp³-hybridized carbons (Fsp3) is 0.263. The summed E-state index contributed by atoms with van der Waals surface area (Å²) in [5.41, 5.74) is 1.45. The van der Waals surface area contributed by atoms with E-state index >= 15 is 0 Å². The smallest absolute Gasteiger partial charge is 0.251 e. The number of halogens is 1. The van der Waals surface area contributed by atoms with Crippen LogP contribution in [0.1, 0.15) is 35.3 Å². The standard InChI is InChI=1S/C19H21ClN2O2/c1-19(2,15-9-4-5-10-16(15)20)18(24)22-12-13-7-6-8-14(11-13)17(23)21-3/h4-11H,12H2,1-3H3,(H,21,23)(H,22,24). The molecule has 0 radical (unpaired) electrons. The van der Waals surface area contributed by atoms with Crippen molar-refractivity contribution in [3.63, 3.8) is 0 Å². The summed E-state index contributed by atoms with van der Waals surface area (Å²) in [6, 6.07) is 14.5. The molecule has 0 aliphatic carbocycles. The predicted octanol–water partition coefficient (Wildman–Crippen LogP) is 3.29. The zero-order valence-electron chi connectivity index (χ0n) is 14.0. The molecule has 0 spiro atoms. The molecule has 4 nitrogen and oxygen atoms in total. The van der Waals surface area contributed by atoms with Gasteiger partial charge in [0.2, 0.25) is 5.91 Å². The van der Waals surface area contributed by atoms with Crippen molar-refractivity contribution < 1.29 is 9.59 Å². The van der Waals surface area contributed by atoms with Gasteiger partial charge in [0, 0.05) is 24.2 Å². The van der Waals surface area contributed by atoms with Crippen LogP contribution in [0, 0.1) is 0 Å². The van der Waals surface area contributed by atoms with Gasteiger partial charge in [0.15, 0.2) is 0 Å². The van der Waals surface area contributed by atoms with E-state index in [0.717, 1.165) is 11.1 Å². The number of hydrogen-bond donors (Lipinski definition) is 2. The maximum Gasteiger partial charge on any atom is 0.251 e. The van der Waals surface area contributed by atoms with Gasteiger partial charge in [-0.05, 0) is 43.2 Å². The van der Waals surface area contributed by atoms with Crippen LogP contribution in [0.3, 0.4) is 0 Å². The van der Waals surface area contributed by atoms with Crippen molar-refractivity contribution in [3.8, 4) is 0 Å². The molecule has 0 aliphatic rings. The lowest BCUT2D eigenvalue weighted by atomic mass is 9.83. The molecule has 0 aromatic heterocycles. The Kier molecular flexibility index (Phi) is 5.62. The summed E-state index contributed by atoms with van der Waals surface area (Å²) in [5.74, 6) is -0.277. The lowest BCUT2D eigenvalue weighted by molar-refractivity contribution is -0.125. The Morgan fingerprint density at radius 2 is 1.79 bits per heavy atom. The average Bonchev–Trinajstić information content (AvgIpc) is 2.59. The summed E-state index contributed by atoms with van der Waals surface area (Å²) >= 11 is 6.22. The monoisotopic (exact) mass is 344 g/mol. The lowest BCUT2D eigenvalue weighted by Crippen LogP contribution is -2.39. The van der Waals surface area contributed by atoms with Crippen LogP contribution < -0.4 is 10.6 Å². The number of hydrogen-bond acceptors (Lipinski definition) is 2. The topological polar surface area (TPSA) is 58.2 Å². The molecule has 2 amide bonds. The minimum absolute atomic E-state index is 0.124. The third-order valence-corrected chi connectivity index (χ3v) is 4.31. The van der Waals surface area contributed by atoms with Crippen molar-refractivity contribution in [3.05, 3.63) is 70.2 Å². The molecule has 2 aromatic rings. The van der Waals surface area contributed by atoms with Gasteiger partial charge in [-0.2, -0.15) is 0 Å². The molecule has 0 saturated heterocycles. The van der Waals surface area contributed by atoms with Crippen LogP contribution in [-0.2, 0) is 16.8 Å². The van der Waals surface area contributed by atoms with Crippen molar-refractivity contribution in [2.24, 2.45) is 0 Å². The van der Waals surface area contributed by atoms with Crippen LogP contribution in [0.2, 0.25) is 5.02 Å². The minimum atomic E-state index is -0.753. The molecule has 2 aromatic carbocycles. The summed E-state index contributed by atoms with van der Waals surface area (Å²) < 4.78 is 0. The fourth-order valence-corrected chi connectivity index (χ4v) is 2.83. The van der Waals surface area contributed by atoms with E-state index in [0.29, 0.717) is 17.1 Å². The molecule has 0 heterocycles. The molecule has 24 heavy (non-hydrogen) atoms. The summed E-state index contributed by atoms with van der Waals surface area (Å²) in [5, 5.41) is 6.07. The molecule has 0 aliphatic heterocycles. The van der Waals surface area contributed by atoms with E-state index in [1.165, 1.54) is 0 Å². The largest absolute Gasteiger partial charge is 0.355 e. The Hall–Kier alpha value is -2.33. The second-order valence-electron chi connectivity index (χ2n) is 6.07. The highest BCUT2D eigenvalue weighted by Crippen LogP contribution is 2.29. The van der Waals surface area contributed by atoms with Crippen LogP contribution in [0.4, 0.5) is 0 Å². The average molecular weight is 345 g/mol. The van der Waals surface area contributed by atoms with Gasteiger partial charge in [-0.15, -0.1) is 0 Å². The van der Waals surface area contributed by atoms with Crippen molar-refractivity contribution in [1.82, 2.24) is 10.6 Å². The summed E-state index contributed by atoms with van der Waals surface area (Å²) in [6.07, 6.45) is 0. The fourth-order valence-electron chi connectivity index (χ4n) is 2.46. The Balaban J connectivity index is 2.10. The lowest BCUT2D eigenvalue weighted by Gasteiger charge is -2.25. The molecule has 0 atom stereocenters. The van der Waals surface area contributed by atoms with E-state index < -0.39 is 5.41 Å². The number of rotatable bonds is 5. The third-order valence-electron chi connectivity index (χ3n) is 3.98. The van der Waals surface area contributed by atoms with Gasteiger partial charge in [0.25, 0.3) is 5.91 Å². The maximum absolute atomic E-state index is 12.6. The van der Waals surface area contributed by atoms with Crippen LogP contribution in [0.15, 0.2) is 48.5 Å². The number of amides is 2. The van der Waals surface area contributed by atoms with E-state index in [1.807, 2.05) is 38.1 Å². The Labute approximate surface area is 147 Å². The minimum Gasteiger partial charge on any atom is -0.355 e. The zero-order valence-corrected chi connectivity index (χ0v) is 14.8. The molecular weight excluding hydrogens is 324 g/mol. The molecule has 0 fully saturated rings. The van der Waals surface area contributed by atoms with Gasteiger partial charge < -0.3 is 10.6 Å². The zero-order chi connectivity index (χ0) is 17.7. The SMILES string of the molecule is CNC(=O)c1cccc(CNC(=O)C(C)(C)c2ccccc2Cl)c1. The quantitative estimate of drug-likeness (QED) is 0.874. The first kappa shape index (κ1) is 18.0. The van der Waals surface area contributed by atoms with Crippen LogP contribution in [-0.4, -0.2) is 18.9 Å². The maximum atomic E-state index is 12.6. The number of carbonyl (C=O) groups excluding carboxylic acids is 2. The summed E-state index contributed by atoms with van der Waals surface area (Å²) in [4.78, 5) is 24.3. The van der Waals surface area contributed by atoms with E-state index in [-0.39, 0.29) is 11.8 Å². The van der Waals surface area contributed by atoms with Gasteiger partial charge in [-0.1, -0.05) is 41.9 Å². The molecular formula is C19H21ClN2O2. The van der Waals surface area contributed by atoms with Crippen molar-refractivity contribution in [2.45, 2.75) is 25.8 Å². The van der Waals surface area contributed by atoms with E-state index in [4.69, 9.17) is 11.6 Å². The second kappa shape index (κ2) is 7.49. The van der Waals surface area contributed by atoms with Crippen molar-refractivity contribution >= 4 is 23.4 Å². The second-order valence-corrected chi connectivity index (χ2v) is 6.47.